The van der Waals surface area contributed by atoms with Crippen molar-refractivity contribution in [1.29, 1.82) is 0 Å². The zero-order valence-corrected chi connectivity index (χ0v) is 8.85. The zero-order chi connectivity index (χ0) is 11.3. The normalized spacial score (nSPS) is 22.2. The van der Waals surface area contributed by atoms with Gasteiger partial charge in [0.05, 0.1) is 5.60 Å². The maximum atomic E-state index is 13.5. The van der Waals surface area contributed by atoms with E-state index in [0.29, 0.717) is 0 Å². The molecule has 15 heavy (non-hydrogen) atoms. The summed E-state index contributed by atoms with van der Waals surface area (Å²) >= 11 is 0. The van der Waals surface area contributed by atoms with Gasteiger partial charge in [-0.25, -0.2) is 8.78 Å². The van der Waals surface area contributed by atoms with Crippen molar-refractivity contribution in [3.8, 4) is 0 Å². The van der Waals surface area contributed by atoms with Crippen molar-refractivity contribution in [2.45, 2.75) is 32.3 Å². The first kappa shape index (κ1) is 10.6. The van der Waals surface area contributed by atoms with Crippen LogP contribution >= 0.6 is 0 Å². The molecular formula is C12H14F2O. The summed E-state index contributed by atoms with van der Waals surface area (Å²) < 4.78 is 26.6. The van der Waals surface area contributed by atoms with E-state index in [1.165, 1.54) is 12.1 Å². The Bertz CT molecular complexity index is 395. The van der Waals surface area contributed by atoms with E-state index in [1.54, 1.807) is 6.92 Å². The Morgan fingerprint density at radius 1 is 1.33 bits per heavy atom. The molecule has 1 aromatic rings. The minimum atomic E-state index is -1.29. The standard InChI is InChI=1S/C12H14F2O/c1-11(6-7-11)12(2,15)8-4-3-5-9(13)10(8)14/h3-5,15H,6-7H2,1-2H3. The first-order chi connectivity index (χ1) is 6.88. The van der Waals surface area contributed by atoms with E-state index in [9.17, 15) is 13.9 Å². The highest BCUT2D eigenvalue weighted by molar-refractivity contribution is 5.29. The number of benzene rings is 1. The Morgan fingerprint density at radius 3 is 2.47 bits per heavy atom. The van der Waals surface area contributed by atoms with Crippen LogP contribution < -0.4 is 0 Å². The van der Waals surface area contributed by atoms with E-state index in [-0.39, 0.29) is 11.0 Å². The van der Waals surface area contributed by atoms with E-state index in [1.807, 2.05) is 6.92 Å². The molecule has 0 aromatic heterocycles. The lowest BCUT2D eigenvalue weighted by atomic mass is 9.81. The Morgan fingerprint density at radius 2 is 1.93 bits per heavy atom. The SMILES string of the molecule is CC1(C(C)(O)c2cccc(F)c2F)CC1. The topological polar surface area (TPSA) is 20.2 Å². The van der Waals surface area contributed by atoms with Gasteiger partial charge in [-0.15, -0.1) is 0 Å². The van der Waals surface area contributed by atoms with Gasteiger partial charge in [0.2, 0.25) is 0 Å². The summed E-state index contributed by atoms with van der Waals surface area (Å²) in [6.45, 7) is 3.44. The van der Waals surface area contributed by atoms with Gasteiger partial charge < -0.3 is 5.11 Å². The first-order valence-corrected chi connectivity index (χ1v) is 5.05. The summed E-state index contributed by atoms with van der Waals surface area (Å²) in [5, 5.41) is 10.3. The third-order valence-corrected chi connectivity index (χ3v) is 3.65. The van der Waals surface area contributed by atoms with Crippen molar-refractivity contribution in [1.82, 2.24) is 0 Å². The molecule has 1 aliphatic carbocycles. The van der Waals surface area contributed by atoms with E-state index in [0.717, 1.165) is 18.9 Å². The highest BCUT2D eigenvalue weighted by Gasteiger charge is 2.54. The lowest BCUT2D eigenvalue weighted by Gasteiger charge is -2.31. The van der Waals surface area contributed by atoms with Gasteiger partial charge in [-0.2, -0.15) is 0 Å². The fraction of sp³-hybridized carbons (Fsp3) is 0.500. The predicted octanol–water partition coefficient (Wildman–Crippen LogP) is 2.97. The molecule has 3 heteroatoms. The van der Waals surface area contributed by atoms with Gasteiger partial charge in [-0.1, -0.05) is 19.1 Å². The number of hydrogen-bond acceptors (Lipinski definition) is 1. The summed E-state index contributed by atoms with van der Waals surface area (Å²) in [4.78, 5) is 0. The zero-order valence-electron chi connectivity index (χ0n) is 8.85. The molecule has 1 N–H and O–H groups in total. The lowest BCUT2D eigenvalue weighted by molar-refractivity contribution is -0.0162. The van der Waals surface area contributed by atoms with Crippen LogP contribution in [0.5, 0.6) is 0 Å². The fourth-order valence-corrected chi connectivity index (χ4v) is 1.88. The van der Waals surface area contributed by atoms with Crippen LogP contribution in [0.1, 0.15) is 32.3 Å². The van der Waals surface area contributed by atoms with Gasteiger partial charge in [0.25, 0.3) is 0 Å². The van der Waals surface area contributed by atoms with E-state index in [4.69, 9.17) is 0 Å². The number of aliphatic hydroxyl groups is 1. The van der Waals surface area contributed by atoms with Gasteiger partial charge in [-0.3, -0.25) is 0 Å². The maximum Gasteiger partial charge on any atom is 0.164 e. The van der Waals surface area contributed by atoms with Crippen molar-refractivity contribution < 1.29 is 13.9 Å². The number of rotatable bonds is 2. The Labute approximate surface area is 87.7 Å². The van der Waals surface area contributed by atoms with Gasteiger partial charge >= 0.3 is 0 Å². The molecule has 82 valence electrons. The van der Waals surface area contributed by atoms with Crippen LogP contribution in [0.4, 0.5) is 8.78 Å². The fourth-order valence-electron chi connectivity index (χ4n) is 1.88. The van der Waals surface area contributed by atoms with Crippen LogP contribution in [0.3, 0.4) is 0 Å². The molecule has 1 saturated carbocycles. The third-order valence-electron chi connectivity index (χ3n) is 3.65. The van der Waals surface area contributed by atoms with Crippen molar-refractivity contribution in [3.63, 3.8) is 0 Å². The second-order valence-corrected chi connectivity index (χ2v) is 4.73. The number of halogens is 2. The van der Waals surface area contributed by atoms with Crippen LogP contribution in [0.25, 0.3) is 0 Å². The molecule has 0 heterocycles. The van der Waals surface area contributed by atoms with Crippen LogP contribution in [0.15, 0.2) is 18.2 Å². The Balaban J connectivity index is 2.49. The molecule has 1 atom stereocenters. The smallest absolute Gasteiger partial charge is 0.164 e. The molecular weight excluding hydrogens is 198 g/mol. The van der Waals surface area contributed by atoms with Crippen LogP contribution in [-0.2, 0) is 5.60 Å². The second-order valence-electron chi connectivity index (χ2n) is 4.73. The van der Waals surface area contributed by atoms with Crippen LogP contribution in [0.2, 0.25) is 0 Å². The molecule has 2 rings (SSSR count). The van der Waals surface area contributed by atoms with E-state index >= 15 is 0 Å². The molecule has 0 aliphatic heterocycles. The van der Waals surface area contributed by atoms with Gasteiger partial charge in [-0.05, 0) is 25.8 Å². The maximum absolute atomic E-state index is 13.5. The molecule has 1 aliphatic rings. The molecule has 1 nitrogen and oxygen atoms in total. The van der Waals surface area contributed by atoms with Crippen molar-refractivity contribution in [2.75, 3.05) is 0 Å². The summed E-state index contributed by atoms with van der Waals surface area (Å²) in [7, 11) is 0. The molecule has 0 radical (unpaired) electrons. The van der Waals surface area contributed by atoms with Crippen LogP contribution in [-0.4, -0.2) is 5.11 Å². The monoisotopic (exact) mass is 212 g/mol. The van der Waals surface area contributed by atoms with Crippen molar-refractivity contribution in [3.05, 3.63) is 35.4 Å². The minimum Gasteiger partial charge on any atom is -0.385 e. The Kier molecular flexibility index (Phi) is 2.12. The summed E-state index contributed by atoms with van der Waals surface area (Å²) in [6, 6.07) is 3.93. The third kappa shape index (κ3) is 1.46. The quantitative estimate of drug-likeness (QED) is 0.799. The molecule has 1 fully saturated rings. The number of hydrogen-bond donors (Lipinski definition) is 1. The molecule has 0 bridgehead atoms. The average molecular weight is 212 g/mol. The van der Waals surface area contributed by atoms with Crippen LogP contribution in [0, 0.1) is 17.0 Å². The molecule has 0 spiro atoms. The molecule has 0 saturated heterocycles. The Hall–Kier alpha value is -0.960. The highest BCUT2D eigenvalue weighted by atomic mass is 19.2. The average Bonchev–Trinajstić information content (AvgIpc) is 2.90. The summed E-state index contributed by atoms with van der Waals surface area (Å²) in [5.41, 5.74) is -1.55. The van der Waals surface area contributed by atoms with Gasteiger partial charge in [0, 0.05) is 11.0 Å². The first-order valence-electron chi connectivity index (χ1n) is 5.05. The predicted molar refractivity (Wildman–Crippen MR) is 53.3 cm³/mol. The highest BCUT2D eigenvalue weighted by Crippen LogP contribution is 2.58. The van der Waals surface area contributed by atoms with Crippen molar-refractivity contribution in [2.24, 2.45) is 5.41 Å². The summed E-state index contributed by atoms with van der Waals surface area (Å²) in [6.07, 6.45) is 1.69. The molecule has 1 unspecified atom stereocenters. The molecule has 1 aromatic carbocycles. The van der Waals surface area contributed by atoms with Gasteiger partial charge in [0.1, 0.15) is 0 Å². The van der Waals surface area contributed by atoms with Gasteiger partial charge in [0.15, 0.2) is 11.6 Å². The minimum absolute atomic E-state index is 0.0579. The largest absolute Gasteiger partial charge is 0.385 e. The van der Waals surface area contributed by atoms with E-state index < -0.39 is 17.2 Å². The molecule has 0 amide bonds. The van der Waals surface area contributed by atoms with Crippen molar-refractivity contribution >= 4 is 0 Å². The lowest BCUT2D eigenvalue weighted by Crippen LogP contribution is -2.32. The summed E-state index contributed by atoms with van der Waals surface area (Å²) in [5.74, 6) is -1.84. The van der Waals surface area contributed by atoms with E-state index in [2.05, 4.69) is 0 Å². The second kappa shape index (κ2) is 3.01.